The molecule has 0 saturated carbocycles. The number of likely N-dealkylation sites (tertiary alicyclic amines) is 1. The van der Waals surface area contributed by atoms with E-state index in [2.05, 4.69) is 34.7 Å². The number of piperidine rings is 1. The summed E-state index contributed by atoms with van der Waals surface area (Å²) in [4.78, 5) is 19.3. The van der Waals surface area contributed by atoms with Crippen molar-refractivity contribution in [3.8, 4) is 0 Å². The number of benzene rings is 2. The summed E-state index contributed by atoms with van der Waals surface area (Å²) in [6.45, 7) is 6.78. The second-order valence-electron chi connectivity index (χ2n) is 7.36. The molecule has 1 saturated heterocycles. The molecule has 1 aliphatic rings. The van der Waals surface area contributed by atoms with Gasteiger partial charge in [0, 0.05) is 25.2 Å². The van der Waals surface area contributed by atoms with E-state index >= 15 is 0 Å². The summed E-state index contributed by atoms with van der Waals surface area (Å²) >= 11 is 0. The molecule has 0 bridgehead atoms. The smallest absolute Gasteiger partial charge is 0.253 e. The maximum atomic E-state index is 12.7. The van der Waals surface area contributed by atoms with E-state index in [9.17, 15) is 4.79 Å². The van der Waals surface area contributed by atoms with Gasteiger partial charge in [-0.2, -0.15) is 0 Å². The summed E-state index contributed by atoms with van der Waals surface area (Å²) in [6.07, 6.45) is 2.09. The number of para-hydroxylation sites is 2. The molecular weight excluding hydrogens is 322 g/mol. The Morgan fingerprint density at radius 3 is 2.46 bits per heavy atom. The van der Waals surface area contributed by atoms with E-state index in [1.54, 1.807) is 0 Å². The van der Waals surface area contributed by atoms with Gasteiger partial charge in [0.15, 0.2) is 0 Å². The highest BCUT2D eigenvalue weighted by atomic mass is 16.2. The van der Waals surface area contributed by atoms with Crippen molar-refractivity contribution < 1.29 is 4.79 Å². The van der Waals surface area contributed by atoms with Crippen molar-refractivity contribution in [3.05, 3.63) is 65.5 Å². The number of aryl methyl sites for hydroxylation is 2. The van der Waals surface area contributed by atoms with Gasteiger partial charge >= 0.3 is 0 Å². The first-order valence-corrected chi connectivity index (χ1v) is 9.39. The van der Waals surface area contributed by atoms with Gasteiger partial charge in [0.05, 0.1) is 11.0 Å². The molecule has 0 unspecified atom stereocenters. The van der Waals surface area contributed by atoms with Gasteiger partial charge in [-0.05, 0) is 56.9 Å². The number of nitrogens with zero attached hydrogens (tertiary/aromatic N) is 3. The molecule has 4 heteroatoms. The third kappa shape index (κ3) is 3.24. The van der Waals surface area contributed by atoms with Crippen LogP contribution >= 0.6 is 0 Å². The molecule has 0 atom stereocenters. The van der Waals surface area contributed by atoms with Crippen molar-refractivity contribution in [2.24, 2.45) is 5.92 Å². The van der Waals surface area contributed by atoms with E-state index < -0.39 is 0 Å². The molecule has 1 aliphatic heterocycles. The largest absolute Gasteiger partial charge is 0.339 e. The Bertz CT molecular complexity index is 918. The average Bonchev–Trinajstić information content (AvgIpc) is 2.98. The first kappa shape index (κ1) is 16.8. The van der Waals surface area contributed by atoms with Crippen LogP contribution in [-0.2, 0) is 6.54 Å². The lowest BCUT2D eigenvalue weighted by Gasteiger charge is -2.32. The molecule has 2 aromatic carbocycles. The summed E-state index contributed by atoms with van der Waals surface area (Å²) < 4.78 is 2.33. The summed E-state index contributed by atoms with van der Waals surface area (Å²) in [5.41, 5.74) is 4.26. The topological polar surface area (TPSA) is 38.1 Å². The molecule has 4 nitrogen and oxygen atoms in total. The minimum absolute atomic E-state index is 0.160. The zero-order valence-corrected chi connectivity index (χ0v) is 15.5. The normalized spacial score (nSPS) is 15.5. The number of carbonyl (C=O) groups excluding carboxylic acids is 1. The molecule has 1 amide bonds. The van der Waals surface area contributed by atoms with Gasteiger partial charge in [0.1, 0.15) is 5.82 Å². The fraction of sp³-hybridized carbons (Fsp3) is 0.364. The van der Waals surface area contributed by atoms with Crippen LogP contribution in [0.2, 0.25) is 0 Å². The number of amides is 1. The van der Waals surface area contributed by atoms with E-state index in [1.165, 1.54) is 11.1 Å². The number of hydrogen-bond donors (Lipinski definition) is 0. The fourth-order valence-corrected chi connectivity index (χ4v) is 3.88. The number of imidazole rings is 1. The van der Waals surface area contributed by atoms with Gasteiger partial charge in [-0.3, -0.25) is 4.79 Å². The number of hydrogen-bond acceptors (Lipinski definition) is 2. The van der Waals surface area contributed by atoms with E-state index in [-0.39, 0.29) is 5.91 Å². The van der Waals surface area contributed by atoms with Crippen LogP contribution in [0.4, 0.5) is 0 Å². The zero-order chi connectivity index (χ0) is 18.1. The quantitative estimate of drug-likeness (QED) is 0.712. The highest BCUT2D eigenvalue weighted by Crippen LogP contribution is 2.24. The van der Waals surface area contributed by atoms with Gasteiger partial charge in [-0.15, -0.1) is 0 Å². The van der Waals surface area contributed by atoms with Crippen LogP contribution in [-0.4, -0.2) is 33.4 Å². The van der Waals surface area contributed by atoms with Crippen molar-refractivity contribution in [1.29, 1.82) is 0 Å². The molecule has 0 spiro atoms. The lowest BCUT2D eigenvalue weighted by Crippen LogP contribution is -2.39. The van der Waals surface area contributed by atoms with Crippen LogP contribution in [0.1, 0.15) is 34.6 Å². The van der Waals surface area contributed by atoms with Crippen molar-refractivity contribution in [2.75, 3.05) is 13.1 Å². The van der Waals surface area contributed by atoms with Crippen LogP contribution < -0.4 is 0 Å². The standard InChI is InChI=1S/C22H25N3O/c1-16-7-9-19(10-8-16)22(26)24-13-11-18(12-14-24)15-25-17(2)23-20-5-3-4-6-21(20)25/h3-10,18H,11-15H2,1-2H3. The summed E-state index contributed by atoms with van der Waals surface area (Å²) in [6, 6.07) is 16.2. The van der Waals surface area contributed by atoms with E-state index in [0.29, 0.717) is 5.92 Å². The SMILES string of the molecule is Cc1ccc(C(=O)N2CCC(Cn3c(C)nc4ccccc43)CC2)cc1. The highest BCUT2D eigenvalue weighted by Gasteiger charge is 2.24. The lowest BCUT2D eigenvalue weighted by molar-refractivity contribution is 0.0683. The van der Waals surface area contributed by atoms with E-state index in [1.807, 2.05) is 42.2 Å². The maximum absolute atomic E-state index is 12.7. The van der Waals surface area contributed by atoms with Crippen LogP contribution in [0.25, 0.3) is 11.0 Å². The second-order valence-corrected chi connectivity index (χ2v) is 7.36. The molecular formula is C22H25N3O. The van der Waals surface area contributed by atoms with Gasteiger partial charge < -0.3 is 9.47 Å². The molecule has 1 aromatic heterocycles. The van der Waals surface area contributed by atoms with Crippen molar-refractivity contribution in [3.63, 3.8) is 0 Å². The number of rotatable bonds is 3. The van der Waals surface area contributed by atoms with Gasteiger partial charge in [0.2, 0.25) is 0 Å². The molecule has 134 valence electrons. The highest BCUT2D eigenvalue weighted by molar-refractivity contribution is 5.94. The third-order valence-electron chi connectivity index (χ3n) is 5.49. The van der Waals surface area contributed by atoms with Gasteiger partial charge in [-0.25, -0.2) is 4.98 Å². The van der Waals surface area contributed by atoms with Crippen molar-refractivity contribution in [1.82, 2.24) is 14.5 Å². The number of carbonyl (C=O) groups is 1. The summed E-state index contributed by atoms with van der Waals surface area (Å²) in [7, 11) is 0. The Morgan fingerprint density at radius 1 is 1.04 bits per heavy atom. The first-order valence-electron chi connectivity index (χ1n) is 9.39. The predicted molar refractivity (Wildman–Crippen MR) is 104 cm³/mol. The van der Waals surface area contributed by atoms with E-state index in [0.717, 1.165) is 49.4 Å². The molecule has 4 rings (SSSR count). The second kappa shape index (κ2) is 6.94. The first-order chi connectivity index (χ1) is 12.6. The molecule has 1 fully saturated rings. The van der Waals surface area contributed by atoms with E-state index in [4.69, 9.17) is 0 Å². The molecule has 0 N–H and O–H groups in total. The van der Waals surface area contributed by atoms with Crippen LogP contribution in [0.5, 0.6) is 0 Å². The molecule has 3 aromatic rings. The molecule has 2 heterocycles. The van der Waals surface area contributed by atoms with Gasteiger partial charge in [0.25, 0.3) is 5.91 Å². The minimum atomic E-state index is 0.160. The van der Waals surface area contributed by atoms with Gasteiger partial charge in [-0.1, -0.05) is 29.8 Å². The average molecular weight is 347 g/mol. The monoisotopic (exact) mass is 347 g/mol. The Kier molecular flexibility index (Phi) is 4.49. The number of fused-ring (bicyclic) bond motifs is 1. The van der Waals surface area contributed by atoms with Crippen molar-refractivity contribution in [2.45, 2.75) is 33.2 Å². The summed E-state index contributed by atoms with van der Waals surface area (Å²) in [5.74, 6) is 1.82. The molecule has 0 aliphatic carbocycles. The minimum Gasteiger partial charge on any atom is -0.339 e. The van der Waals surface area contributed by atoms with Crippen LogP contribution in [0.15, 0.2) is 48.5 Å². The van der Waals surface area contributed by atoms with Crippen molar-refractivity contribution >= 4 is 16.9 Å². The Hall–Kier alpha value is -2.62. The lowest BCUT2D eigenvalue weighted by atomic mass is 9.96. The van der Waals surface area contributed by atoms with Crippen LogP contribution in [0.3, 0.4) is 0 Å². The zero-order valence-electron chi connectivity index (χ0n) is 15.5. The summed E-state index contributed by atoms with van der Waals surface area (Å²) in [5, 5.41) is 0. The molecule has 26 heavy (non-hydrogen) atoms. The fourth-order valence-electron chi connectivity index (χ4n) is 3.88. The van der Waals surface area contributed by atoms with Crippen LogP contribution in [0, 0.1) is 19.8 Å². The Balaban J connectivity index is 1.41. The maximum Gasteiger partial charge on any atom is 0.253 e. The Morgan fingerprint density at radius 2 is 1.73 bits per heavy atom. The third-order valence-corrected chi connectivity index (χ3v) is 5.49. The molecule has 0 radical (unpaired) electrons. The Labute approximate surface area is 154 Å². The predicted octanol–water partition coefficient (Wildman–Crippen LogP) is 4.21. The number of aromatic nitrogens is 2.